The highest BCUT2D eigenvalue weighted by Gasteiger charge is 2.26. The molecule has 0 N–H and O–H groups in total. The fraction of sp³-hybridized carbons (Fsp3) is 0.353. The normalized spacial score (nSPS) is 17.4. The van der Waals surface area contributed by atoms with Crippen LogP contribution in [0.25, 0.3) is 0 Å². The minimum Gasteiger partial charge on any atom is -0.379 e. The summed E-state index contributed by atoms with van der Waals surface area (Å²) in [5.41, 5.74) is 0.858. The molecule has 8 heteroatoms. The van der Waals surface area contributed by atoms with Crippen LogP contribution in [0.5, 0.6) is 0 Å². The number of halogens is 1. The van der Waals surface area contributed by atoms with Gasteiger partial charge in [-0.3, -0.25) is 0 Å². The summed E-state index contributed by atoms with van der Waals surface area (Å²) in [6.07, 6.45) is 1.38. The maximum absolute atomic E-state index is 13.3. The van der Waals surface area contributed by atoms with E-state index < -0.39 is 10.0 Å². The number of morpholine rings is 1. The van der Waals surface area contributed by atoms with Crippen LogP contribution in [0.3, 0.4) is 0 Å². The van der Waals surface area contributed by atoms with Gasteiger partial charge in [0.05, 0.1) is 18.2 Å². The molecule has 1 fully saturated rings. The first-order chi connectivity index (χ1) is 12.0. The van der Waals surface area contributed by atoms with Crippen LogP contribution in [-0.2, 0) is 14.8 Å². The lowest BCUT2D eigenvalue weighted by molar-refractivity contribution is 0.0730. The van der Waals surface area contributed by atoms with Crippen LogP contribution in [0.15, 0.2) is 52.5 Å². The lowest BCUT2D eigenvalue weighted by Gasteiger charge is -2.25. The fourth-order valence-corrected chi connectivity index (χ4v) is 4.79. The van der Waals surface area contributed by atoms with Gasteiger partial charge < -0.3 is 4.74 Å². The molecule has 3 rings (SSSR count). The zero-order valence-electron chi connectivity index (χ0n) is 13.8. The number of thioether (sulfide) groups is 1. The molecule has 0 bridgehead atoms. The van der Waals surface area contributed by atoms with Crippen molar-refractivity contribution in [1.29, 1.82) is 0 Å². The van der Waals surface area contributed by atoms with Crippen LogP contribution >= 0.6 is 11.8 Å². The van der Waals surface area contributed by atoms with Crippen molar-refractivity contribution in [3.63, 3.8) is 0 Å². The van der Waals surface area contributed by atoms with E-state index in [2.05, 4.69) is 4.98 Å². The van der Waals surface area contributed by atoms with Crippen molar-refractivity contribution < 1.29 is 17.5 Å². The van der Waals surface area contributed by atoms with Gasteiger partial charge in [0.15, 0.2) is 0 Å². The Morgan fingerprint density at radius 2 is 2.00 bits per heavy atom. The molecule has 1 aliphatic rings. The highest BCUT2D eigenvalue weighted by atomic mass is 32.2. The van der Waals surface area contributed by atoms with E-state index in [0.717, 1.165) is 5.56 Å². The maximum Gasteiger partial charge on any atom is 0.244 e. The standard InChI is InChI=1S/C17H19FN2O3S2/c1-13(14-3-2-4-15(18)11-14)24-17-6-5-16(12-19-17)25(21,22)20-7-9-23-10-8-20/h2-6,11-13H,7-10H2,1H3. The summed E-state index contributed by atoms with van der Waals surface area (Å²) in [5.74, 6) is -0.273. The maximum atomic E-state index is 13.3. The van der Waals surface area contributed by atoms with Gasteiger partial charge in [0.1, 0.15) is 10.7 Å². The summed E-state index contributed by atoms with van der Waals surface area (Å²) in [6.45, 7) is 3.49. The Morgan fingerprint density at radius 1 is 1.24 bits per heavy atom. The quantitative estimate of drug-likeness (QED) is 0.744. The first kappa shape index (κ1) is 18.3. The zero-order chi connectivity index (χ0) is 17.9. The summed E-state index contributed by atoms with van der Waals surface area (Å²) in [6, 6.07) is 9.69. The molecule has 1 unspecified atom stereocenters. The molecule has 1 aromatic heterocycles. The number of benzene rings is 1. The molecular formula is C17H19FN2O3S2. The van der Waals surface area contributed by atoms with E-state index in [0.29, 0.717) is 31.3 Å². The predicted molar refractivity (Wildman–Crippen MR) is 94.5 cm³/mol. The Balaban J connectivity index is 1.71. The van der Waals surface area contributed by atoms with Crippen molar-refractivity contribution in [3.05, 3.63) is 54.0 Å². The van der Waals surface area contributed by atoms with Gasteiger partial charge in [-0.1, -0.05) is 23.9 Å². The second-order valence-electron chi connectivity index (χ2n) is 5.66. The molecule has 0 saturated carbocycles. The Hall–Kier alpha value is -1.48. The van der Waals surface area contributed by atoms with E-state index in [-0.39, 0.29) is 16.0 Å². The van der Waals surface area contributed by atoms with Crippen molar-refractivity contribution in [2.75, 3.05) is 26.3 Å². The molecular weight excluding hydrogens is 363 g/mol. The van der Waals surface area contributed by atoms with Crippen LogP contribution in [0.1, 0.15) is 17.7 Å². The molecule has 5 nitrogen and oxygen atoms in total. The predicted octanol–water partition coefficient (Wildman–Crippen LogP) is 3.09. The van der Waals surface area contributed by atoms with Gasteiger partial charge in [-0.05, 0) is 36.8 Å². The third-order valence-electron chi connectivity index (χ3n) is 3.93. The van der Waals surface area contributed by atoms with Gasteiger partial charge in [-0.15, -0.1) is 0 Å². The second-order valence-corrected chi connectivity index (χ2v) is 8.96. The number of sulfonamides is 1. The summed E-state index contributed by atoms with van der Waals surface area (Å²) < 4.78 is 45.0. The summed E-state index contributed by atoms with van der Waals surface area (Å²) in [5, 5.41) is 0.697. The van der Waals surface area contributed by atoms with E-state index in [1.165, 1.54) is 34.4 Å². The van der Waals surface area contributed by atoms with Gasteiger partial charge >= 0.3 is 0 Å². The van der Waals surface area contributed by atoms with Gasteiger partial charge in [0.2, 0.25) is 10.0 Å². The van der Waals surface area contributed by atoms with Crippen molar-refractivity contribution in [1.82, 2.24) is 9.29 Å². The number of hydrogen-bond acceptors (Lipinski definition) is 5. The molecule has 0 radical (unpaired) electrons. The molecule has 134 valence electrons. The first-order valence-electron chi connectivity index (χ1n) is 7.93. The molecule has 2 aromatic rings. The molecule has 1 aliphatic heterocycles. The number of pyridine rings is 1. The smallest absolute Gasteiger partial charge is 0.244 e. The first-order valence-corrected chi connectivity index (χ1v) is 10.2. The summed E-state index contributed by atoms with van der Waals surface area (Å²) in [7, 11) is -3.53. The highest BCUT2D eigenvalue weighted by Crippen LogP contribution is 2.34. The lowest BCUT2D eigenvalue weighted by atomic mass is 10.2. The Morgan fingerprint density at radius 3 is 2.64 bits per heavy atom. The van der Waals surface area contributed by atoms with Crippen LogP contribution in [0.4, 0.5) is 4.39 Å². The van der Waals surface area contributed by atoms with Gasteiger partial charge in [-0.25, -0.2) is 17.8 Å². The number of rotatable bonds is 5. The molecule has 25 heavy (non-hydrogen) atoms. The largest absolute Gasteiger partial charge is 0.379 e. The highest BCUT2D eigenvalue weighted by molar-refractivity contribution is 7.99. The minimum absolute atomic E-state index is 0.00454. The molecule has 0 aliphatic carbocycles. The Bertz CT molecular complexity index is 822. The van der Waals surface area contributed by atoms with Gasteiger partial charge in [-0.2, -0.15) is 4.31 Å². The fourth-order valence-electron chi connectivity index (χ4n) is 2.53. The minimum atomic E-state index is -3.53. The second kappa shape index (κ2) is 7.82. The monoisotopic (exact) mass is 382 g/mol. The molecule has 0 spiro atoms. The average Bonchev–Trinajstić information content (AvgIpc) is 2.63. The SMILES string of the molecule is CC(Sc1ccc(S(=O)(=O)N2CCOCC2)cn1)c1cccc(F)c1. The third kappa shape index (κ3) is 4.38. The van der Waals surface area contributed by atoms with Crippen molar-refractivity contribution in [2.24, 2.45) is 0 Å². The van der Waals surface area contributed by atoms with Crippen LogP contribution in [-0.4, -0.2) is 44.0 Å². The van der Waals surface area contributed by atoms with Crippen molar-refractivity contribution in [2.45, 2.75) is 22.1 Å². The number of ether oxygens (including phenoxy) is 1. The molecule has 2 heterocycles. The number of nitrogens with zero attached hydrogens (tertiary/aromatic N) is 2. The lowest BCUT2D eigenvalue weighted by Crippen LogP contribution is -2.40. The van der Waals surface area contributed by atoms with Crippen LogP contribution in [0, 0.1) is 5.82 Å². The van der Waals surface area contributed by atoms with E-state index in [4.69, 9.17) is 4.74 Å². The molecule has 1 atom stereocenters. The summed E-state index contributed by atoms with van der Waals surface area (Å²) in [4.78, 5) is 4.44. The van der Waals surface area contributed by atoms with Gasteiger partial charge in [0, 0.05) is 24.5 Å². The van der Waals surface area contributed by atoms with Crippen molar-refractivity contribution in [3.8, 4) is 0 Å². The van der Waals surface area contributed by atoms with E-state index in [1.807, 2.05) is 13.0 Å². The van der Waals surface area contributed by atoms with E-state index in [9.17, 15) is 12.8 Å². The van der Waals surface area contributed by atoms with E-state index in [1.54, 1.807) is 18.2 Å². The average molecular weight is 382 g/mol. The zero-order valence-corrected chi connectivity index (χ0v) is 15.4. The number of aromatic nitrogens is 1. The Labute approximate surface area is 151 Å². The Kier molecular flexibility index (Phi) is 5.73. The molecule has 1 saturated heterocycles. The summed E-state index contributed by atoms with van der Waals surface area (Å²) >= 11 is 1.45. The van der Waals surface area contributed by atoms with Crippen LogP contribution in [0.2, 0.25) is 0 Å². The molecule has 1 aromatic carbocycles. The number of hydrogen-bond donors (Lipinski definition) is 0. The third-order valence-corrected chi connectivity index (χ3v) is 6.92. The van der Waals surface area contributed by atoms with Crippen LogP contribution < -0.4 is 0 Å². The van der Waals surface area contributed by atoms with Gasteiger partial charge in [0.25, 0.3) is 0 Å². The van der Waals surface area contributed by atoms with Crippen molar-refractivity contribution >= 4 is 21.8 Å². The van der Waals surface area contributed by atoms with E-state index >= 15 is 0 Å². The topological polar surface area (TPSA) is 59.5 Å². The molecule has 0 amide bonds.